The summed E-state index contributed by atoms with van der Waals surface area (Å²) in [6, 6.07) is 0. The summed E-state index contributed by atoms with van der Waals surface area (Å²) in [6.07, 6.45) is 5.11. The lowest BCUT2D eigenvalue weighted by Crippen LogP contribution is -2.46. The zero-order valence-corrected chi connectivity index (χ0v) is 10.2. The number of nitrogens with one attached hydrogen (secondary N) is 1. The van der Waals surface area contributed by atoms with E-state index in [1.807, 2.05) is 6.92 Å². The fraction of sp³-hybridized carbons (Fsp3) is 1.00. The van der Waals surface area contributed by atoms with Gasteiger partial charge in [0.15, 0.2) is 0 Å². The van der Waals surface area contributed by atoms with Crippen LogP contribution in [0.2, 0.25) is 0 Å². The molecule has 0 aromatic rings. The Morgan fingerprint density at radius 3 is 2.19 bits per heavy atom. The standard InChI is InChI=1S/C12H25NO3/c1-11(9-14,10-15)7-13-8-12(16)5-3-2-4-6-12/h13-16H,2-10H2,1H3. The number of hydrogen-bond acceptors (Lipinski definition) is 4. The zero-order valence-electron chi connectivity index (χ0n) is 10.2. The summed E-state index contributed by atoms with van der Waals surface area (Å²) < 4.78 is 0. The Kier molecular flexibility index (Phi) is 5.18. The van der Waals surface area contributed by atoms with Crippen LogP contribution in [-0.4, -0.2) is 47.2 Å². The quantitative estimate of drug-likeness (QED) is 0.529. The van der Waals surface area contributed by atoms with Gasteiger partial charge in [-0.15, -0.1) is 0 Å². The van der Waals surface area contributed by atoms with Crippen molar-refractivity contribution in [1.82, 2.24) is 5.32 Å². The largest absolute Gasteiger partial charge is 0.396 e. The molecule has 0 radical (unpaired) electrons. The van der Waals surface area contributed by atoms with E-state index in [2.05, 4.69) is 5.32 Å². The van der Waals surface area contributed by atoms with Crippen molar-refractivity contribution >= 4 is 0 Å². The molecule has 96 valence electrons. The number of aliphatic hydroxyl groups is 3. The van der Waals surface area contributed by atoms with Crippen LogP contribution in [0.5, 0.6) is 0 Å². The highest BCUT2D eigenvalue weighted by Crippen LogP contribution is 2.27. The Hall–Kier alpha value is -0.160. The summed E-state index contributed by atoms with van der Waals surface area (Å²) >= 11 is 0. The van der Waals surface area contributed by atoms with E-state index >= 15 is 0 Å². The lowest BCUT2D eigenvalue weighted by atomic mass is 9.84. The van der Waals surface area contributed by atoms with Crippen molar-refractivity contribution in [1.29, 1.82) is 0 Å². The van der Waals surface area contributed by atoms with Crippen LogP contribution in [0.25, 0.3) is 0 Å². The van der Waals surface area contributed by atoms with Crippen LogP contribution >= 0.6 is 0 Å². The average Bonchev–Trinajstić information content (AvgIpc) is 2.29. The van der Waals surface area contributed by atoms with E-state index in [0.29, 0.717) is 13.1 Å². The van der Waals surface area contributed by atoms with Crippen LogP contribution in [0, 0.1) is 5.41 Å². The van der Waals surface area contributed by atoms with Gasteiger partial charge in [-0.2, -0.15) is 0 Å². The van der Waals surface area contributed by atoms with E-state index in [1.54, 1.807) is 0 Å². The second kappa shape index (κ2) is 5.96. The van der Waals surface area contributed by atoms with E-state index in [1.165, 1.54) is 6.42 Å². The molecule has 4 N–H and O–H groups in total. The van der Waals surface area contributed by atoms with Gasteiger partial charge in [-0.3, -0.25) is 0 Å². The van der Waals surface area contributed by atoms with Gasteiger partial charge in [-0.25, -0.2) is 0 Å². The Labute approximate surface area is 97.7 Å². The van der Waals surface area contributed by atoms with Crippen molar-refractivity contribution in [2.75, 3.05) is 26.3 Å². The first kappa shape index (κ1) is 13.9. The topological polar surface area (TPSA) is 72.7 Å². The van der Waals surface area contributed by atoms with Gasteiger partial charge in [0.2, 0.25) is 0 Å². The Morgan fingerprint density at radius 1 is 1.12 bits per heavy atom. The third-order valence-electron chi connectivity index (χ3n) is 3.55. The van der Waals surface area contributed by atoms with Crippen molar-refractivity contribution in [3.05, 3.63) is 0 Å². The molecule has 0 aromatic heterocycles. The fourth-order valence-corrected chi connectivity index (χ4v) is 2.15. The molecule has 0 amide bonds. The molecule has 4 nitrogen and oxygen atoms in total. The normalized spacial score (nSPS) is 21.0. The van der Waals surface area contributed by atoms with Crippen LogP contribution in [0.3, 0.4) is 0 Å². The molecule has 16 heavy (non-hydrogen) atoms. The SMILES string of the molecule is CC(CO)(CO)CNCC1(O)CCCCC1. The van der Waals surface area contributed by atoms with Gasteiger partial charge in [0, 0.05) is 18.5 Å². The average molecular weight is 231 g/mol. The molecule has 4 heteroatoms. The number of hydrogen-bond donors (Lipinski definition) is 4. The molecule has 0 atom stereocenters. The van der Waals surface area contributed by atoms with Crippen LogP contribution in [0.4, 0.5) is 0 Å². The van der Waals surface area contributed by atoms with Gasteiger partial charge >= 0.3 is 0 Å². The van der Waals surface area contributed by atoms with Gasteiger partial charge in [-0.1, -0.05) is 26.2 Å². The summed E-state index contributed by atoms with van der Waals surface area (Å²) in [6.45, 7) is 2.82. The first-order valence-electron chi connectivity index (χ1n) is 6.18. The summed E-state index contributed by atoms with van der Waals surface area (Å²) in [7, 11) is 0. The maximum Gasteiger partial charge on any atom is 0.0771 e. The van der Waals surface area contributed by atoms with Crippen molar-refractivity contribution < 1.29 is 15.3 Å². The highest BCUT2D eigenvalue weighted by atomic mass is 16.3. The third-order valence-corrected chi connectivity index (χ3v) is 3.55. The predicted octanol–water partition coefficient (Wildman–Crippen LogP) is 0.262. The number of aliphatic hydroxyl groups excluding tert-OH is 2. The maximum absolute atomic E-state index is 10.2. The second-order valence-corrected chi connectivity index (χ2v) is 5.52. The molecular formula is C12H25NO3. The predicted molar refractivity (Wildman–Crippen MR) is 63.2 cm³/mol. The van der Waals surface area contributed by atoms with E-state index in [0.717, 1.165) is 25.7 Å². The van der Waals surface area contributed by atoms with Gasteiger partial charge < -0.3 is 20.6 Å². The van der Waals surface area contributed by atoms with Crippen molar-refractivity contribution in [2.45, 2.75) is 44.6 Å². The first-order valence-corrected chi connectivity index (χ1v) is 6.18. The lowest BCUT2D eigenvalue weighted by molar-refractivity contribution is -0.00157. The molecule has 0 heterocycles. The summed E-state index contributed by atoms with van der Waals surface area (Å²) in [4.78, 5) is 0. The molecule has 0 saturated heterocycles. The van der Waals surface area contributed by atoms with Crippen LogP contribution < -0.4 is 5.32 Å². The molecule has 0 aliphatic heterocycles. The molecule has 1 aliphatic carbocycles. The van der Waals surface area contributed by atoms with E-state index in [9.17, 15) is 5.11 Å². The van der Waals surface area contributed by atoms with Gasteiger partial charge in [0.05, 0.1) is 18.8 Å². The molecule has 0 unspecified atom stereocenters. The minimum atomic E-state index is -0.579. The molecule has 1 fully saturated rings. The smallest absolute Gasteiger partial charge is 0.0771 e. The molecule has 1 rings (SSSR count). The Bertz CT molecular complexity index is 198. The molecule has 0 spiro atoms. The Balaban J connectivity index is 2.28. The maximum atomic E-state index is 10.2. The second-order valence-electron chi connectivity index (χ2n) is 5.52. The van der Waals surface area contributed by atoms with Gasteiger partial charge in [-0.05, 0) is 12.8 Å². The summed E-state index contributed by atoms with van der Waals surface area (Å²) in [5, 5.41) is 31.6. The highest BCUT2D eigenvalue weighted by molar-refractivity contribution is 4.86. The van der Waals surface area contributed by atoms with Gasteiger partial charge in [0.1, 0.15) is 0 Å². The lowest BCUT2D eigenvalue weighted by Gasteiger charge is -2.34. The minimum absolute atomic E-state index is 0.0467. The molecule has 1 saturated carbocycles. The van der Waals surface area contributed by atoms with Crippen LogP contribution in [0.1, 0.15) is 39.0 Å². The van der Waals surface area contributed by atoms with Crippen molar-refractivity contribution in [2.24, 2.45) is 5.41 Å². The van der Waals surface area contributed by atoms with Gasteiger partial charge in [0.25, 0.3) is 0 Å². The number of rotatable bonds is 6. The van der Waals surface area contributed by atoms with E-state index in [-0.39, 0.29) is 13.2 Å². The highest BCUT2D eigenvalue weighted by Gasteiger charge is 2.30. The third kappa shape index (κ3) is 4.01. The Morgan fingerprint density at radius 2 is 1.69 bits per heavy atom. The van der Waals surface area contributed by atoms with Crippen LogP contribution in [0.15, 0.2) is 0 Å². The molecular weight excluding hydrogens is 206 g/mol. The van der Waals surface area contributed by atoms with Crippen molar-refractivity contribution in [3.63, 3.8) is 0 Å². The fourth-order valence-electron chi connectivity index (χ4n) is 2.15. The minimum Gasteiger partial charge on any atom is -0.396 e. The summed E-state index contributed by atoms with van der Waals surface area (Å²) in [5.41, 5.74) is -1.07. The molecule has 0 aromatic carbocycles. The molecule has 0 bridgehead atoms. The van der Waals surface area contributed by atoms with E-state index in [4.69, 9.17) is 10.2 Å². The van der Waals surface area contributed by atoms with Crippen LogP contribution in [-0.2, 0) is 0 Å². The molecule has 1 aliphatic rings. The van der Waals surface area contributed by atoms with Crippen molar-refractivity contribution in [3.8, 4) is 0 Å². The monoisotopic (exact) mass is 231 g/mol. The zero-order chi connectivity index (χ0) is 12.1. The van der Waals surface area contributed by atoms with E-state index < -0.39 is 11.0 Å². The summed E-state index contributed by atoms with van der Waals surface area (Å²) in [5.74, 6) is 0. The first-order chi connectivity index (χ1) is 7.54.